The quantitative estimate of drug-likeness (QED) is 0.287. The smallest absolute Gasteiger partial charge is 0.262 e. The molecule has 0 atom stereocenters. The molecule has 3 aromatic rings. The number of nitrogens with zero attached hydrogens (tertiary/aromatic N) is 1. The minimum absolute atomic E-state index is 0.00413. The number of amides is 1. The molecule has 0 aromatic heterocycles. The van der Waals surface area contributed by atoms with E-state index in [2.05, 4.69) is 37.2 Å². The molecule has 0 fully saturated rings. The summed E-state index contributed by atoms with van der Waals surface area (Å²) >= 11 is 6.85. The van der Waals surface area contributed by atoms with E-state index in [9.17, 15) is 14.4 Å². The number of halogens is 3. The summed E-state index contributed by atoms with van der Waals surface area (Å²) in [6.45, 7) is 0.299. The van der Waals surface area contributed by atoms with Gasteiger partial charge in [0.1, 0.15) is 29.8 Å². The maximum Gasteiger partial charge on any atom is 0.262 e. The molecule has 156 valence electrons. The minimum Gasteiger partial charge on any atom is -0.487 e. The van der Waals surface area contributed by atoms with Gasteiger partial charge in [0.05, 0.1) is 4.47 Å². The Morgan fingerprint density at radius 2 is 1.81 bits per heavy atom. The molecule has 7 heteroatoms. The maximum absolute atomic E-state index is 13.9. The minimum atomic E-state index is -0.498. The maximum atomic E-state index is 13.9. The first-order valence-electron chi connectivity index (χ1n) is 9.27. The van der Waals surface area contributed by atoms with Crippen molar-refractivity contribution in [1.82, 2.24) is 5.32 Å². The highest BCUT2D eigenvalue weighted by Crippen LogP contribution is 2.35. The first-order chi connectivity index (χ1) is 15.0. The van der Waals surface area contributed by atoms with Gasteiger partial charge in [-0.25, -0.2) is 4.39 Å². The van der Waals surface area contributed by atoms with E-state index in [-0.39, 0.29) is 18.0 Å². The van der Waals surface area contributed by atoms with E-state index in [0.717, 1.165) is 10.0 Å². The van der Waals surface area contributed by atoms with Crippen molar-refractivity contribution < 1.29 is 13.9 Å². The van der Waals surface area contributed by atoms with Crippen LogP contribution in [0.3, 0.4) is 0 Å². The summed E-state index contributed by atoms with van der Waals surface area (Å²) in [5, 5.41) is 12.3. The highest BCUT2D eigenvalue weighted by atomic mass is 79.9. The van der Waals surface area contributed by atoms with E-state index in [1.165, 1.54) is 12.1 Å². The SMILES string of the molecule is N#C/C(=C\c1cc(Br)cc(Br)c1OCc1ccccc1F)C(=O)NCc1ccccc1. The summed E-state index contributed by atoms with van der Waals surface area (Å²) in [5.74, 6) is -0.469. The highest BCUT2D eigenvalue weighted by molar-refractivity contribution is 9.11. The van der Waals surface area contributed by atoms with Crippen LogP contribution >= 0.6 is 31.9 Å². The van der Waals surface area contributed by atoms with Crippen LogP contribution in [0, 0.1) is 17.1 Å². The second-order valence-corrected chi connectivity index (χ2v) is 8.29. The van der Waals surface area contributed by atoms with E-state index in [1.807, 2.05) is 36.4 Å². The van der Waals surface area contributed by atoms with Gasteiger partial charge in [0.2, 0.25) is 0 Å². The fraction of sp³-hybridized carbons (Fsp3) is 0.0833. The monoisotopic (exact) mass is 542 g/mol. The zero-order valence-corrected chi connectivity index (χ0v) is 19.4. The third kappa shape index (κ3) is 6.27. The lowest BCUT2D eigenvalue weighted by atomic mass is 10.1. The third-order valence-corrected chi connectivity index (χ3v) is 5.37. The third-order valence-electron chi connectivity index (χ3n) is 4.33. The van der Waals surface area contributed by atoms with Crippen LogP contribution in [0.2, 0.25) is 0 Å². The summed E-state index contributed by atoms with van der Waals surface area (Å²) in [5.41, 5.74) is 1.75. The van der Waals surface area contributed by atoms with Gasteiger partial charge in [0.25, 0.3) is 5.91 Å². The lowest BCUT2D eigenvalue weighted by molar-refractivity contribution is -0.117. The molecular weight excluding hydrogens is 527 g/mol. The van der Waals surface area contributed by atoms with Gasteiger partial charge in [-0.1, -0.05) is 64.5 Å². The second kappa shape index (κ2) is 10.9. The van der Waals surface area contributed by atoms with Crippen molar-refractivity contribution in [2.24, 2.45) is 0 Å². The molecule has 1 amide bonds. The van der Waals surface area contributed by atoms with E-state index in [4.69, 9.17) is 4.74 Å². The molecule has 0 radical (unpaired) electrons. The van der Waals surface area contributed by atoms with E-state index >= 15 is 0 Å². The average molecular weight is 544 g/mol. The molecule has 0 spiro atoms. The standard InChI is InChI=1S/C24H17Br2FN2O2/c25-20-11-18(10-19(13-28)24(30)29-14-16-6-2-1-3-7-16)23(21(26)12-20)31-15-17-8-4-5-9-22(17)27/h1-12H,14-15H2,(H,29,30)/b19-10+. The van der Waals surface area contributed by atoms with Crippen LogP contribution < -0.4 is 10.1 Å². The van der Waals surface area contributed by atoms with E-state index in [0.29, 0.717) is 27.9 Å². The van der Waals surface area contributed by atoms with Gasteiger partial charge >= 0.3 is 0 Å². The molecular formula is C24H17Br2FN2O2. The average Bonchev–Trinajstić information content (AvgIpc) is 2.77. The molecule has 31 heavy (non-hydrogen) atoms. The Labute approximate surface area is 196 Å². The van der Waals surface area contributed by atoms with Crippen molar-refractivity contribution in [2.45, 2.75) is 13.2 Å². The number of ether oxygens (including phenoxy) is 1. The Balaban J connectivity index is 1.84. The molecule has 3 aromatic carbocycles. The molecule has 0 saturated carbocycles. The van der Waals surface area contributed by atoms with Gasteiger partial charge in [-0.2, -0.15) is 5.26 Å². The lowest BCUT2D eigenvalue weighted by Crippen LogP contribution is -2.23. The number of nitriles is 1. The fourth-order valence-electron chi connectivity index (χ4n) is 2.78. The molecule has 4 nitrogen and oxygen atoms in total. The molecule has 0 bridgehead atoms. The van der Waals surface area contributed by atoms with Gasteiger partial charge in [-0.15, -0.1) is 0 Å². The van der Waals surface area contributed by atoms with Gasteiger partial charge in [-0.05, 0) is 45.8 Å². The number of carbonyl (C=O) groups is 1. The predicted octanol–water partition coefficient (Wildman–Crippen LogP) is 6.15. The summed E-state index contributed by atoms with van der Waals surface area (Å²) in [6, 6.07) is 21.2. The number of rotatable bonds is 7. The van der Waals surface area contributed by atoms with Crippen LogP contribution in [0.4, 0.5) is 4.39 Å². The lowest BCUT2D eigenvalue weighted by Gasteiger charge is -2.13. The first kappa shape index (κ1) is 22.7. The van der Waals surface area contributed by atoms with Crippen molar-refractivity contribution in [3.05, 3.63) is 104 Å². The van der Waals surface area contributed by atoms with Crippen LogP contribution in [-0.4, -0.2) is 5.91 Å². The van der Waals surface area contributed by atoms with Crippen LogP contribution in [0.25, 0.3) is 6.08 Å². The number of nitrogens with one attached hydrogen (secondary N) is 1. The van der Waals surface area contributed by atoms with Gasteiger partial charge in [0.15, 0.2) is 0 Å². The van der Waals surface area contributed by atoms with Crippen LogP contribution in [0.5, 0.6) is 5.75 Å². The zero-order chi connectivity index (χ0) is 22.2. The van der Waals surface area contributed by atoms with Crippen LogP contribution in [0.15, 0.2) is 81.2 Å². The molecule has 0 aliphatic heterocycles. The molecule has 3 rings (SSSR count). The Morgan fingerprint density at radius 3 is 2.52 bits per heavy atom. The predicted molar refractivity (Wildman–Crippen MR) is 124 cm³/mol. The van der Waals surface area contributed by atoms with Gasteiger partial charge in [0, 0.05) is 22.1 Å². The van der Waals surface area contributed by atoms with Crippen molar-refractivity contribution in [2.75, 3.05) is 0 Å². The van der Waals surface area contributed by atoms with E-state index < -0.39 is 5.91 Å². The summed E-state index contributed by atoms with van der Waals surface area (Å²) < 4.78 is 21.1. The first-order valence-corrected chi connectivity index (χ1v) is 10.9. The molecule has 0 saturated heterocycles. The number of hydrogen-bond donors (Lipinski definition) is 1. The Morgan fingerprint density at radius 1 is 1.10 bits per heavy atom. The summed E-state index contributed by atoms with van der Waals surface area (Å²) in [4.78, 5) is 12.5. The molecule has 0 unspecified atom stereocenters. The Hall–Kier alpha value is -2.95. The number of hydrogen-bond acceptors (Lipinski definition) is 3. The summed E-state index contributed by atoms with van der Waals surface area (Å²) in [7, 11) is 0. The second-order valence-electron chi connectivity index (χ2n) is 6.52. The molecule has 0 aliphatic carbocycles. The van der Waals surface area contributed by atoms with Crippen LogP contribution in [0.1, 0.15) is 16.7 Å². The summed E-state index contributed by atoms with van der Waals surface area (Å²) in [6.07, 6.45) is 1.45. The fourth-order valence-corrected chi connectivity index (χ4v) is 4.16. The van der Waals surface area contributed by atoms with Crippen LogP contribution in [-0.2, 0) is 17.9 Å². The normalized spacial score (nSPS) is 11.0. The number of benzene rings is 3. The van der Waals surface area contributed by atoms with Crippen molar-refractivity contribution >= 4 is 43.8 Å². The van der Waals surface area contributed by atoms with Crippen molar-refractivity contribution in [1.29, 1.82) is 5.26 Å². The zero-order valence-electron chi connectivity index (χ0n) is 16.2. The molecule has 0 aliphatic rings. The molecule has 0 heterocycles. The van der Waals surface area contributed by atoms with Gasteiger partial charge in [-0.3, -0.25) is 4.79 Å². The highest BCUT2D eigenvalue weighted by Gasteiger charge is 2.14. The van der Waals surface area contributed by atoms with Crippen molar-refractivity contribution in [3.63, 3.8) is 0 Å². The number of carbonyl (C=O) groups excluding carboxylic acids is 1. The Bertz CT molecular complexity index is 1160. The molecule has 1 N–H and O–H groups in total. The Kier molecular flexibility index (Phi) is 7.99. The largest absolute Gasteiger partial charge is 0.487 e. The van der Waals surface area contributed by atoms with E-state index in [1.54, 1.807) is 30.3 Å². The van der Waals surface area contributed by atoms with Gasteiger partial charge < -0.3 is 10.1 Å². The topological polar surface area (TPSA) is 62.1 Å². The van der Waals surface area contributed by atoms with Crippen molar-refractivity contribution in [3.8, 4) is 11.8 Å².